The molecular weight excluding hydrogens is 294 g/mol. The Kier molecular flexibility index (Phi) is 4.50. The SMILES string of the molecule is CO/N=C/c1cc(F)ccc1NC(=O)c1c(C)nn(C)c1F. The van der Waals surface area contributed by atoms with Gasteiger partial charge in [-0.15, -0.1) is 0 Å². The molecule has 1 heterocycles. The van der Waals surface area contributed by atoms with Gasteiger partial charge in [0.15, 0.2) is 0 Å². The predicted molar refractivity (Wildman–Crippen MR) is 76.9 cm³/mol. The number of anilines is 1. The van der Waals surface area contributed by atoms with Crippen LogP contribution in [-0.2, 0) is 11.9 Å². The van der Waals surface area contributed by atoms with E-state index in [1.54, 1.807) is 0 Å². The van der Waals surface area contributed by atoms with Crippen LogP contribution < -0.4 is 5.32 Å². The number of benzene rings is 1. The molecule has 22 heavy (non-hydrogen) atoms. The zero-order chi connectivity index (χ0) is 16.3. The molecule has 0 fully saturated rings. The van der Waals surface area contributed by atoms with Crippen molar-refractivity contribution in [1.82, 2.24) is 9.78 Å². The van der Waals surface area contributed by atoms with E-state index >= 15 is 0 Å². The Morgan fingerprint density at radius 2 is 2.18 bits per heavy atom. The molecule has 0 radical (unpaired) electrons. The van der Waals surface area contributed by atoms with Gasteiger partial charge in [0.2, 0.25) is 5.95 Å². The van der Waals surface area contributed by atoms with Gasteiger partial charge in [0, 0.05) is 12.6 Å². The summed E-state index contributed by atoms with van der Waals surface area (Å²) in [5, 5.41) is 9.88. The van der Waals surface area contributed by atoms with Crippen molar-refractivity contribution < 1.29 is 18.4 Å². The van der Waals surface area contributed by atoms with Crippen molar-refractivity contribution in [2.45, 2.75) is 6.92 Å². The van der Waals surface area contributed by atoms with Crippen molar-refractivity contribution in [3.63, 3.8) is 0 Å². The number of aryl methyl sites for hydroxylation is 2. The number of nitrogens with one attached hydrogen (secondary N) is 1. The van der Waals surface area contributed by atoms with Crippen LogP contribution in [0, 0.1) is 18.7 Å². The number of aromatic nitrogens is 2. The molecule has 2 rings (SSSR count). The van der Waals surface area contributed by atoms with Crippen LogP contribution in [0.4, 0.5) is 14.5 Å². The molecule has 0 aliphatic carbocycles. The van der Waals surface area contributed by atoms with Crippen LogP contribution in [0.15, 0.2) is 23.4 Å². The van der Waals surface area contributed by atoms with Crippen LogP contribution in [0.1, 0.15) is 21.6 Å². The molecule has 2 aromatic rings. The zero-order valence-electron chi connectivity index (χ0n) is 12.2. The minimum absolute atomic E-state index is 0.165. The van der Waals surface area contributed by atoms with Gasteiger partial charge in [-0.2, -0.15) is 9.49 Å². The van der Waals surface area contributed by atoms with E-state index in [2.05, 4.69) is 20.4 Å². The number of hydrogen-bond acceptors (Lipinski definition) is 4. The fraction of sp³-hybridized carbons (Fsp3) is 0.214. The van der Waals surface area contributed by atoms with Crippen molar-refractivity contribution in [2.75, 3.05) is 12.4 Å². The molecule has 1 aromatic carbocycles. The molecule has 0 spiro atoms. The van der Waals surface area contributed by atoms with Gasteiger partial charge >= 0.3 is 0 Å². The van der Waals surface area contributed by atoms with Crippen molar-refractivity contribution in [3.8, 4) is 0 Å². The maximum Gasteiger partial charge on any atom is 0.262 e. The highest BCUT2D eigenvalue weighted by Crippen LogP contribution is 2.18. The molecule has 0 saturated heterocycles. The highest BCUT2D eigenvalue weighted by atomic mass is 19.1. The second-order valence-corrected chi connectivity index (χ2v) is 4.48. The third-order valence-corrected chi connectivity index (χ3v) is 2.94. The molecule has 1 N–H and O–H groups in total. The number of carbonyl (C=O) groups excluding carboxylic acids is 1. The van der Waals surface area contributed by atoms with Gasteiger partial charge in [0.25, 0.3) is 5.91 Å². The van der Waals surface area contributed by atoms with Gasteiger partial charge in [-0.3, -0.25) is 4.79 Å². The van der Waals surface area contributed by atoms with Crippen LogP contribution in [0.2, 0.25) is 0 Å². The van der Waals surface area contributed by atoms with Crippen LogP contribution in [0.3, 0.4) is 0 Å². The lowest BCUT2D eigenvalue weighted by molar-refractivity contribution is 0.102. The quantitative estimate of drug-likeness (QED) is 0.695. The lowest BCUT2D eigenvalue weighted by Crippen LogP contribution is -2.15. The van der Waals surface area contributed by atoms with Crippen LogP contribution in [-0.4, -0.2) is 29.0 Å². The molecule has 8 heteroatoms. The van der Waals surface area contributed by atoms with Crippen LogP contribution in [0.5, 0.6) is 0 Å². The minimum Gasteiger partial charge on any atom is -0.399 e. The average Bonchev–Trinajstić information content (AvgIpc) is 2.72. The maximum absolute atomic E-state index is 13.9. The Labute approximate surface area is 125 Å². The third kappa shape index (κ3) is 3.11. The Hall–Kier alpha value is -2.77. The van der Waals surface area contributed by atoms with Crippen LogP contribution in [0.25, 0.3) is 0 Å². The second-order valence-electron chi connectivity index (χ2n) is 4.48. The summed E-state index contributed by atoms with van der Waals surface area (Å²) in [5.74, 6) is -1.93. The van der Waals surface area contributed by atoms with Gasteiger partial charge in [0.1, 0.15) is 18.5 Å². The molecule has 116 valence electrons. The number of hydrogen-bond donors (Lipinski definition) is 1. The number of carbonyl (C=O) groups is 1. The first-order chi connectivity index (χ1) is 10.4. The summed E-state index contributed by atoms with van der Waals surface area (Å²) in [7, 11) is 2.73. The normalized spacial score (nSPS) is 11.0. The minimum atomic E-state index is -0.746. The van der Waals surface area contributed by atoms with Gasteiger partial charge in [-0.25, -0.2) is 9.07 Å². The summed E-state index contributed by atoms with van der Waals surface area (Å²) in [6, 6.07) is 3.70. The zero-order valence-corrected chi connectivity index (χ0v) is 12.2. The summed E-state index contributed by atoms with van der Waals surface area (Å²) in [6.45, 7) is 1.52. The molecule has 0 aliphatic heterocycles. The molecule has 0 bridgehead atoms. The third-order valence-electron chi connectivity index (χ3n) is 2.94. The first kappa shape index (κ1) is 15.6. The summed E-state index contributed by atoms with van der Waals surface area (Å²) < 4.78 is 28.1. The Bertz CT molecular complexity index is 741. The Balaban J connectivity index is 2.34. The van der Waals surface area contributed by atoms with Crippen molar-refractivity contribution in [2.24, 2.45) is 12.2 Å². The molecule has 1 aromatic heterocycles. The van der Waals surface area contributed by atoms with Gasteiger partial charge < -0.3 is 10.2 Å². The van der Waals surface area contributed by atoms with Crippen molar-refractivity contribution in [3.05, 3.63) is 46.8 Å². The highest BCUT2D eigenvalue weighted by molar-refractivity contribution is 6.07. The predicted octanol–water partition coefficient (Wildman–Crippen LogP) is 2.24. The summed E-state index contributed by atoms with van der Waals surface area (Å²) in [5.41, 5.74) is 0.653. The lowest BCUT2D eigenvalue weighted by atomic mass is 10.1. The molecule has 0 atom stereocenters. The van der Waals surface area contributed by atoms with E-state index in [0.717, 1.165) is 4.68 Å². The summed E-state index contributed by atoms with van der Waals surface area (Å²) in [6.07, 6.45) is 1.24. The summed E-state index contributed by atoms with van der Waals surface area (Å²) in [4.78, 5) is 16.7. The molecular formula is C14H14F2N4O2. The molecule has 0 unspecified atom stereocenters. The lowest BCUT2D eigenvalue weighted by Gasteiger charge is -2.08. The van der Waals surface area contributed by atoms with Crippen LogP contribution >= 0.6 is 0 Å². The van der Waals surface area contributed by atoms with E-state index in [4.69, 9.17) is 0 Å². The van der Waals surface area contributed by atoms with Gasteiger partial charge in [-0.1, -0.05) is 5.16 Å². The highest BCUT2D eigenvalue weighted by Gasteiger charge is 2.21. The van der Waals surface area contributed by atoms with E-state index in [1.807, 2.05) is 0 Å². The second kappa shape index (κ2) is 6.33. The molecule has 1 amide bonds. The van der Waals surface area contributed by atoms with Crippen molar-refractivity contribution >= 4 is 17.8 Å². The van der Waals surface area contributed by atoms with E-state index in [0.29, 0.717) is 0 Å². The first-order valence-corrected chi connectivity index (χ1v) is 6.30. The number of nitrogens with zero attached hydrogens (tertiary/aromatic N) is 3. The van der Waals surface area contributed by atoms with Crippen molar-refractivity contribution in [1.29, 1.82) is 0 Å². The number of amides is 1. The number of halogens is 2. The Morgan fingerprint density at radius 3 is 2.77 bits per heavy atom. The average molecular weight is 308 g/mol. The largest absolute Gasteiger partial charge is 0.399 e. The summed E-state index contributed by atoms with van der Waals surface area (Å²) >= 11 is 0. The van der Waals surface area contributed by atoms with E-state index in [-0.39, 0.29) is 22.5 Å². The van der Waals surface area contributed by atoms with E-state index in [1.165, 1.54) is 45.5 Å². The fourth-order valence-electron chi connectivity index (χ4n) is 1.94. The first-order valence-electron chi connectivity index (χ1n) is 6.30. The smallest absolute Gasteiger partial charge is 0.262 e. The fourth-order valence-corrected chi connectivity index (χ4v) is 1.94. The molecule has 6 nitrogen and oxygen atoms in total. The molecule has 0 aliphatic rings. The maximum atomic E-state index is 13.9. The molecule has 0 saturated carbocycles. The number of rotatable bonds is 4. The van der Waals surface area contributed by atoms with E-state index in [9.17, 15) is 13.6 Å². The van der Waals surface area contributed by atoms with Gasteiger partial charge in [-0.05, 0) is 25.1 Å². The number of oxime groups is 1. The standard InChI is InChI=1S/C14H14F2N4O2/c1-8-12(13(16)20(2)19-8)14(21)18-11-5-4-10(15)6-9(11)7-17-22-3/h4-7H,1-3H3,(H,18,21)/b17-7+. The topological polar surface area (TPSA) is 68.5 Å². The monoisotopic (exact) mass is 308 g/mol. The van der Waals surface area contributed by atoms with E-state index < -0.39 is 17.7 Å². The Morgan fingerprint density at radius 1 is 1.45 bits per heavy atom. The van der Waals surface area contributed by atoms with Gasteiger partial charge in [0.05, 0.1) is 17.6 Å².